The molecule has 0 radical (unpaired) electrons. The number of benzene rings is 2. The summed E-state index contributed by atoms with van der Waals surface area (Å²) in [5.74, 6) is 0.360. The van der Waals surface area contributed by atoms with Gasteiger partial charge in [0.25, 0.3) is 5.91 Å². The number of rotatable bonds is 6. The third-order valence-corrected chi connectivity index (χ3v) is 7.17. The van der Waals surface area contributed by atoms with Gasteiger partial charge in [-0.15, -0.1) is 0 Å². The number of carbonyl (C=O) groups excluding carboxylic acids is 2. The van der Waals surface area contributed by atoms with Gasteiger partial charge in [0, 0.05) is 24.4 Å². The van der Waals surface area contributed by atoms with Crippen LogP contribution in [0.3, 0.4) is 0 Å². The lowest BCUT2D eigenvalue weighted by Crippen LogP contribution is -2.38. The van der Waals surface area contributed by atoms with Crippen LogP contribution in [0, 0.1) is 0 Å². The first-order chi connectivity index (χ1) is 15.3. The molecule has 2 aromatic carbocycles. The molecule has 2 N–H and O–H groups in total. The van der Waals surface area contributed by atoms with E-state index in [-0.39, 0.29) is 40.4 Å². The van der Waals surface area contributed by atoms with Crippen LogP contribution in [0.1, 0.15) is 6.92 Å². The predicted molar refractivity (Wildman–Crippen MR) is 116 cm³/mol. The summed E-state index contributed by atoms with van der Waals surface area (Å²) in [4.78, 5) is 23.8. The van der Waals surface area contributed by atoms with Gasteiger partial charge < -0.3 is 24.8 Å². The molecular formula is C20H20ClN3O7S. The van der Waals surface area contributed by atoms with E-state index < -0.39 is 22.5 Å². The van der Waals surface area contributed by atoms with Crippen LogP contribution in [0.25, 0.3) is 0 Å². The van der Waals surface area contributed by atoms with E-state index in [0.717, 1.165) is 4.31 Å². The summed E-state index contributed by atoms with van der Waals surface area (Å²) >= 11 is 6.19. The number of hydrogen-bond donors (Lipinski definition) is 2. The SMILES string of the molecule is CCN(CC(=O)Nc1ccc2c(c1)OCCO2)S(=O)(=O)c1cc2c(cc1Cl)NC(=O)CO2. The Morgan fingerprint density at radius 1 is 1.12 bits per heavy atom. The molecule has 2 amide bonds. The molecule has 0 bridgehead atoms. The van der Waals surface area contributed by atoms with Crippen molar-refractivity contribution in [3.8, 4) is 17.2 Å². The molecule has 0 aliphatic carbocycles. The Morgan fingerprint density at radius 2 is 1.88 bits per heavy atom. The maximum Gasteiger partial charge on any atom is 0.262 e. The van der Waals surface area contributed by atoms with Crippen LogP contribution in [0.5, 0.6) is 17.2 Å². The fraction of sp³-hybridized carbons (Fsp3) is 0.300. The van der Waals surface area contributed by atoms with E-state index in [4.69, 9.17) is 25.8 Å². The van der Waals surface area contributed by atoms with E-state index in [1.807, 2.05) is 0 Å². The summed E-state index contributed by atoms with van der Waals surface area (Å²) in [7, 11) is -4.13. The van der Waals surface area contributed by atoms with Crippen LogP contribution in [-0.2, 0) is 19.6 Å². The quantitative estimate of drug-likeness (QED) is 0.647. The Morgan fingerprint density at radius 3 is 2.62 bits per heavy atom. The molecule has 32 heavy (non-hydrogen) atoms. The van der Waals surface area contributed by atoms with Gasteiger partial charge in [-0.2, -0.15) is 4.31 Å². The molecule has 0 fully saturated rings. The van der Waals surface area contributed by atoms with Crippen molar-refractivity contribution in [2.24, 2.45) is 0 Å². The molecule has 0 saturated carbocycles. The minimum Gasteiger partial charge on any atom is -0.486 e. The number of nitrogens with zero attached hydrogens (tertiary/aromatic N) is 1. The van der Waals surface area contributed by atoms with Gasteiger partial charge in [0.1, 0.15) is 23.9 Å². The fourth-order valence-electron chi connectivity index (χ4n) is 3.27. The lowest BCUT2D eigenvalue weighted by molar-refractivity contribution is -0.118. The number of halogens is 1. The number of ether oxygens (including phenoxy) is 3. The van der Waals surface area contributed by atoms with Crippen molar-refractivity contribution in [2.75, 3.05) is 43.5 Å². The Balaban J connectivity index is 1.52. The largest absolute Gasteiger partial charge is 0.486 e. The predicted octanol–water partition coefficient (Wildman–Crippen LogP) is 2.09. The number of likely N-dealkylation sites (N-methyl/N-ethyl adjacent to an activating group) is 1. The van der Waals surface area contributed by atoms with Crippen LogP contribution < -0.4 is 24.8 Å². The maximum atomic E-state index is 13.2. The van der Waals surface area contributed by atoms with Gasteiger partial charge in [-0.3, -0.25) is 9.59 Å². The second-order valence-electron chi connectivity index (χ2n) is 6.95. The molecular weight excluding hydrogens is 462 g/mol. The van der Waals surface area contributed by atoms with E-state index in [9.17, 15) is 18.0 Å². The summed E-state index contributed by atoms with van der Waals surface area (Å²) in [6.07, 6.45) is 0. The average molecular weight is 482 g/mol. The third-order valence-electron chi connectivity index (χ3n) is 4.78. The smallest absolute Gasteiger partial charge is 0.262 e. The topological polar surface area (TPSA) is 123 Å². The molecule has 0 atom stereocenters. The Labute approximate surface area is 189 Å². The summed E-state index contributed by atoms with van der Waals surface area (Å²) in [5.41, 5.74) is 0.730. The van der Waals surface area contributed by atoms with Crippen molar-refractivity contribution in [3.63, 3.8) is 0 Å². The number of fused-ring (bicyclic) bond motifs is 2. The summed E-state index contributed by atoms with van der Waals surface area (Å²) in [5, 5.41) is 5.13. The zero-order valence-electron chi connectivity index (χ0n) is 17.0. The van der Waals surface area contributed by atoms with Gasteiger partial charge in [-0.1, -0.05) is 18.5 Å². The van der Waals surface area contributed by atoms with E-state index in [2.05, 4.69) is 10.6 Å². The zero-order valence-corrected chi connectivity index (χ0v) is 18.6. The van der Waals surface area contributed by atoms with Crippen molar-refractivity contribution in [1.82, 2.24) is 4.31 Å². The molecule has 2 aliphatic rings. The monoisotopic (exact) mass is 481 g/mol. The molecule has 10 nitrogen and oxygen atoms in total. The molecule has 170 valence electrons. The minimum absolute atomic E-state index is 0.0297. The van der Waals surface area contributed by atoms with Crippen molar-refractivity contribution >= 4 is 44.8 Å². The number of nitrogens with one attached hydrogen (secondary N) is 2. The first-order valence-corrected chi connectivity index (χ1v) is 11.6. The fourth-order valence-corrected chi connectivity index (χ4v) is 5.19. The number of anilines is 2. The van der Waals surface area contributed by atoms with Gasteiger partial charge in [0.15, 0.2) is 18.1 Å². The van der Waals surface area contributed by atoms with Gasteiger partial charge >= 0.3 is 0 Å². The lowest BCUT2D eigenvalue weighted by atomic mass is 10.2. The highest BCUT2D eigenvalue weighted by atomic mass is 35.5. The van der Waals surface area contributed by atoms with Gasteiger partial charge in [0.05, 0.1) is 17.3 Å². The molecule has 2 heterocycles. The first-order valence-electron chi connectivity index (χ1n) is 9.74. The van der Waals surface area contributed by atoms with Crippen molar-refractivity contribution in [1.29, 1.82) is 0 Å². The van der Waals surface area contributed by atoms with Crippen LogP contribution in [0.2, 0.25) is 5.02 Å². The van der Waals surface area contributed by atoms with Crippen LogP contribution in [0.15, 0.2) is 35.2 Å². The molecule has 0 saturated heterocycles. The molecule has 0 unspecified atom stereocenters. The minimum atomic E-state index is -4.13. The summed E-state index contributed by atoms with van der Waals surface area (Å²) in [6.45, 7) is 1.83. The molecule has 12 heteroatoms. The first kappa shape index (κ1) is 22.2. The number of carbonyl (C=O) groups is 2. The highest BCUT2D eigenvalue weighted by molar-refractivity contribution is 7.89. The van der Waals surface area contributed by atoms with E-state index in [1.165, 1.54) is 12.1 Å². The van der Waals surface area contributed by atoms with Gasteiger partial charge in [-0.05, 0) is 18.2 Å². The van der Waals surface area contributed by atoms with Crippen LogP contribution in [0.4, 0.5) is 11.4 Å². The number of hydrogen-bond acceptors (Lipinski definition) is 7. The van der Waals surface area contributed by atoms with Crippen molar-refractivity contribution in [2.45, 2.75) is 11.8 Å². The summed E-state index contributed by atoms with van der Waals surface area (Å²) in [6, 6.07) is 7.48. The molecule has 4 rings (SSSR count). The second-order valence-corrected chi connectivity index (χ2v) is 9.27. The number of sulfonamides is 1. The standard InChI is InChI=1S/C20H20ClN3O7S/c1-2-24(10-19(25)22-12-3-4-15-17(7-12)30-6-5-29-15)32(27,28)18-9-16-14(8-13(18)21)23-20(26)11-31-16/h3-4,7-9H,2,5-6,10-11H2,1H3,(H,22,25)(H,23,26). The zero-order chi connectivity index (χ0) is 22.9. The third kappa shape index (κ3) is 4.45. The normalized spacial score (nSPS) is 14.9. The molecule has 0 spiro atoms. The van der Waals surface area contributed by atoms with E-state index in [1.54, 1.807) is 25.1 Å². The Bertz CT molecular complexity index is 1190. The summed E-state index contributed by atoms with van der Waals surface area (Å²) < 4.78 is 43.6. The highest BCUT2D eigenvalue weighted by Crippen LogP contribution is 2.37. The van der Waals surface area contributed by atoms with E-state index in [0.29, 0.717) is 30.4 Å². The van der Waals surface area contributed by atoms with Crippen molar-refractivity contribution < 1.29 is 32.2 Å². The van der Waals surface area contributed by atoms with Gasteiger partial charge in [0.2, 0.25) is 15.9 Å². The molecule has 0 aromatic heterocycles. The maximum absolute atomic E-state index is 13.2. The van der Waals surface area contributed by atoms with E-state index >= 15 is 0 Å². The highest BCUT2D eigenvalue weighted by Gasteiger charge is 2.30. The molecule has 2 aliphatic heterocycles. The second kappa shape index (κ2) is 8.85. The Hall–Kier alpha value is -3.02. The van der Waals surface area contributed by atoms with Crippen LogP contribution >= 0.6 is 11.6 Å². The van der Waals surface area contributed by atoms with Gasteiger partial charge in [-0.25, -0.2) is 8.42 Å². The van der Waals surface area contributed by atoms with Crippen molar-refractivity contribution in [3.05, 3.63) is 35.4 Å². The average Bonchev–Trinajstić information content (AvgIpc) is 2.76. The molecule has 2 aromatic rings. The number of amides is 2. The lowest BCUT2D eigenvalue weighted by Gasteiger charge is -2.23. The van der Waals surface area contributed by atoms with Crippen LogP contribution in [-0.4, -0.2) is 57.4 Å². The Kier molecular flexibility index (Phi) is 6.13.